The maximum absolute atomic E-state index is 12.6. The van der Waals surface area contributed by atoms with Crippen LogP contribution in [0.15, 0.2) is 6.20 Å². The van der Waals surface area contributed by atoms with Gasteiger partial charge in [-0.1, -0.05) is 5.21 Å². The molecule has 11 nitrogen and oxygen atoms in total. The number of likely N-dealkylation sites (tertiary alicyclic amines) is 1. The molecule has 0 aromatic carbocycles. The van der Waals surface area contributed by atoms with Crippen LogP contribution in [-0.2, 0) is 13.0 Å². The molecule has 11 heteroatoms. The molecule has 1 fully saturated rings. The van der Waals surface area contributed by atoms with E-state index < -0.39 is 5.60 Å². The summed E-state index contributed by atoms with van der Waals surface area (Å²) in [5.74, 6) is 0.635. The largest absolute Gasteiger partial charge is 0.468 e. The number of hydrogen-bond donors (Lipinski definition) is 3. The third-order valence-corrected chi connectivity index (χ3v) is 4.55. The number of nitrogens with two attached hydrogens (primary N) is 3. The molecule has 1 spiro atoms. The number of anilines is 2. The highest BCUT2D eigenvalue weighted by Crippen LogP contribution is 2.41. The first-order chi connectivity index (χ1) is 12.0. The first-order valence-electron chi connectivity index (χ1n) is 8.00. The van der Waals surface area contributed by atoms with Gasteiger partial charge in [-0.05, 0) is 0 Å². The fraction of sp³-hybridized carbons (Fsp3) is 0.500. The minimum Gasteiger partial charge on any atom is -0.468 e. The predicted octanol–water partition coefficient (Wildman–Crippen LogP) is -1.59. The summed E-state index contributed by atoms with van der Waals surface area (Å²) < 4.78 is 7.57. The zero-order valence-corrected chi connectivity index (χ0v) is 13.6. The van der Waals surface area contributed by atoms with Crippen molar-refractivity contribution in [2.45, 2.75) is 25.0 Å². The number of nitrogen functional groups attached to an aromatic ring is 2. The van der Waals surface area contributed by atoms with Crippen molar-refractivity contribution in [3.63, 3.8) is 0 Å². The van der Waals surface area contributed by atoms with Crippen LogP contribution in [0.1, 0.15) is 22.5 Å². The normalized spacial score (nSPS) is 21.6. The highest BCUT2D eigenvalue weighted by atomic mass is 16.5. The van der Waals surface area contributed by atoms with Gasteiger partial charge in [-0.3, -0.25) is 9.48 Å². The van der Waals surface area contributed by atoms with Crippen molar-refractivity contribution >= 4 is 17.7 Å². The summed E-state index contributed by atoms with van der Waals surface area (Å²) in [6.07, 6.45) is 2.83. The molecule has 2 aromatic rings. The molecule has 25 heavy (non-hydrogen) atoms. The molecule has 2 aromatic heterocycles. The van der Waals surface area contributed by atoms with Gasteiger partial charge in [0.05, 0.1) is 24.8 Å². The summed E-state index contributed by atoms with van der Waals surface area (Å²) in [7, 11) is 0. The molecule has 0 unspecified atom stereocenters. The zero-order chi connectivity index (χ0) is 17.6. The number of amides is 1. The fourth-order valence-electron chi connectivity index (χ4n) is 3.36. The van der Waals surface area contributed by atoms with Gasteiger partial charge in [0, 0.05) is 25.9 Å². The molecule has 1 atom stereocenters. The Balaban J connectivity index is 1.50. The lowest BCUT2D eigenvalue weighted by molar-refractivity contribution is 0.0679. The van der Waals surface area contributed by atoms with Gasteiger partial charge in [0.15, 0.2) is 5.69 Å². The SMILES string of the molecule is NCCn1cc(C(=O)N2CC[C@@]3(Cc4c(N)nc(N)nc4O3)C2)nn1. The third kappa shape index (κ3) is 2.61. The van der Waals surface area contributed by atoms with Gasteiger partial charge < -0.3 is 26.8 Å². The molecule has 0 aliphatic carbocycles. The van der Waals surface area contributed by atoms with Crippen LogP contribution < -0.4 is 21.9 Å². The lowest BCUT2D eigenvalue weighted by Gasteiger charge is -2.23. The van der Waals surface area contributed by atoms with E-state index in [4.69, 9.17) is 21.9 Å². The number of carbonyl (C=O) groups is 1. The molecule has 6 N–H and O–H groups in total. The van der Waals surface area contributed by atoms with Crippen LogP contribution in [0.4, 0.5) is 11.8 Å². The van der Waals surface area contributed by atoms with Crippen LogP contribution >= 0.6 is 0 Å². The van der Waals surface area contributed by atoms with E-state index in [1.165, 1.54) is 0 Å². The molecule has 4 rings (SSSR count). The maximum atomic E-state index is 12.6. The second kappa shape index (κ2) is 5.55. The van der Waals surface area contributed by atoms with Crippen LogP contribution in [0, 0.1) is 0 Å². The standard InChI is InChI=1S/C14H19N9O2/c15-2-4-23-6-9(20-21-23)12(24)22-3-1-14(7-22)5-8-10(16)18-13(17)19-11(8)25-14/h6H,1-5,7,15H2,(H4,16,17,18,19)/t14-/m1/s1. The van der Waals surface area contributed by atoms with Gasteiger partial charge >= 0.3 is 0 Å². The number of fused-ring (bicyclic) bond motifs is 1. The Labute approximate surface area is 143 Å². The van der Waals surface area contributed by atoms with Crippen LogP contribution in [0.25, 0.3) is 0 Å². The minimum atomic E-state index is -0.540. The van der Waals surface area contributed by atoms with Crippen molar-refractivity contribution in [1.82, 2.24) is 29.9 Å². The van der Waals surface area contributed by atoms with Gasteiger partial charge in [-0.25, -0.2) is 0 Å². The van der Waals surface area contributed by atoms with E-state index in [1.807, 2.05) is 0 Å². The number of carbonyl (C=O) groups excluding carboxylic acids is 1. The summed E-state index contributed by atoms with van der Waals surface area (Å²) in [6, 6.07) is 0. The number of aromatic nitrogens is 5. The van der Waals surface area contributed by atoms with E-state index >= 15 is 0 Å². The second-order valence-corrected chi connectivity index (χ2v) is 6.34. The first kappa shape index (κ1) is 15.6. The molecule has 0 saturated carbocycles. The Morgan fingerprint density at radius 2 is 2.20 bits per heavy atom. The molecule has 132 valence electrons. The lowest BCUT2D eigenvalue weighted by atomic mass is 9.97. The van der Waals surface area contributed by atoms with Gasteiger partial charge in [-0.15, -0.1) is 5.10 Å². The third-order valence-electron chi connectivity index (χ3n) is 4.55. The van der Waals surface area contributed by atoms with E-state index in [-0.39, 0.29) is 11.9 Å². The number of rotatable bonds is 3. The van der Waals surface area contributed by atoms with Gasteiger partial charge in [-0.2, -0.15) is 9.97 Å². The van der Waals surface area contributed by atoms with E-state index in [1.54, 1.807) is 15.8 Å². The topological polar surface area (TPSA) is 164 Å². The zero-order valence-electron chi connectivity index (χ0n) is 13.6. The second-order valence-electron chi connectivity index (χ2n) is 6.34. The first-order valence-corrected chi connectivity index (χ1v) is 8.00. The van der Waals surface area contributed by atoms with E-state index in [9.17, 15) is 4.79 Å². The van der Waals surface area contributed by atoms with Crippen LogP contribution in [0.3, 0.4) is 0 Å². The lowest BCUT2D eigenvalue weighted by Crippen LogP contribution is -2.39. The Hall–Kier alpha value is -2.95. The molecular formula is C14H19N9O2. The highest BCUT2D eigenvalue weighted by molar-refractivity contribution is 5.92. The number of hydrogen-bond acceptors (Lipinski definition) is 9. The molecule has 2 aliphatic heterocycles. The summed E-state index contributed by atoms with van der Waals surface area (Å²) in [6.45, 7) is 1.92. The Morgan fingerprint density at radius 3 is 3.00 bits per heavy atom. The van der Waals surface area contributed by atoms with Crippen LogP contribution in [0.5, 0.6) is 5.88 Å². The van der Waals surface area contributed by atoms with Crippen molar-refractivity contribution in [2.75, 3.05) is 31.1 Å². The molecule has 1 amide bonds. The summed E-state index contributed by atoms with van der Waals surface area (Å²) in [5.41, 5.74) is 17.5. The maximum Gasteiger partial charge on any atom is 0.276 e. The summed E-state index contributed by atoms with van der Waals surface area (Å²) >= 11 is 0. The van der Waals surface area contributed by atoms with Crippen LogP contribution in [0.2, 0.25) is 0 Å². The fourth-order valence-corrected chi connectivity index (χ4v) is 3.36. The van der Waals surface area contributed by atoms with Crippen LogP contribution in [-0.4, -0.2) is 61.0 Å². The number of nitrogens with zero attached hydrogens (tertiary/aromatic N) is 6. The molecular weight excluding hydrogens is 326 g/mol. The minimum absolute atomic E-state index is 0.0794. The summed E-state index contributed by atoms with van der Waals surface area (Å²) in [5, 5.41) is 7.83. The monoisotopic (exact) mass is 345 g/mol. The Bertz CT molecular complexity index is 836. The van der Waals surface area contributed by atoms with Crippen molar-refractivity contribution in [1.29, 1.82) is 0 Å². The molecule has 0 radical (unpaired) electrons. The van der Waals surface area contributed by atoms with Gasteiger partial charge in [0.25, 0.3) is 5.91 Å². The molecule has 0 bridgehead atoms. The quantitative estimate of drug-likeness (QED) is 0.594. The number of ether oxygens (including phenoxy) is 1. The molecule has 1 saturated heterocycles. The molecule has 4 heterocycles. The van der Waals surface area contributed by atoms with Gasteiger partial charge in [0.1, 0.15) is 11.4 Å². The predicted molar refractivity (Wildman–Crippen MR) is 87.5 cm³/mol. The van der Waals surface area contributed by atoms with Gasteiger partial charge in [0.2, 0.25) is 11.8 Å². The van der Waals surface area contributed by atoms with Crippen molar-refractivity contribution < 1.29 is 9.53 Å². The average Bonchev–Trinajstić information content (AvgIpc) is 3.26. The van der Waals surface area contributed by atoms with Crippen molar-refractivity contribution in [3.8, 4) is 5.88 Å². The van der Waals surface area contributed by atoms with E-state index in [0.29, 0.717) is 56.4 Å². The summed E-state index contributed by atoms with van der Waals surface area (Å²) in [4.78, 5) is 22.4. The van der Waals surface area contributed by atoms with Crippen molar-refractivity contribution in [3.05, 3.63) is 17.5 Å². The average molecular weight is 345 g/mol. The van der Waals surface area contributed by atoms with Crippen molar-refractivity contribution in [2.24, 2.45) is 5.73 Å². The smallest absolute Gasteiger partial charge is 0.276 e. The van der Waals surface area contributed by atoms with E-state index in [2.05, 4.69) is 20.3 Å². The molecule has 2 aliphatic rings. The highest BCUT2D eigenvalue weighted by Gasteiger charge is 2.48. The Morgan fingerprint density at radius 1 is 1.36 bits per heavy atom. The Kier molecular flexibility index (Phi) is 3.46. The van der Waals surface area contributed by atoms with E-state index in [0.717, 1.165) is 5.56 Å².